The molecule has 2 N–H and O–H groups in total. The Hall–Kier alpha value is -3.84. The maximum Gasteiger partial charge on any atom is 0.267 e. The number of aromatic nitrogens is 2. The second-order valence-corrected chi connectivity index (χ2v) is 7.90. The number of pyridine rings is 1. The molecule has 6 nitrogen and oxygen atoms in total. The fourth-order valence-corrected chi connectivity index (χ4v) is 4.06. The highest BCUT2D eigenvalue weighted by Crippen LogP contribution is 2.28. The van der Waals surface area contributed by atoms with Crippen molar-refractivity contribution in [3.63, 3.8) is 0 Å². The van der Waals surface area contributed by atoms with E-state index < -0.39 is 0 Å². The van der Waals surface area contributed by atoms with Crippen LogP contribution in [0.2, 0.25) is 0 Å². The van der Waals surface area contributed by atoms with Gasteiger partial charge in [-0.15, -0.1) is 11.3 Å². The molecule has 2 aromatic carbocycles. The molecule has 4 rings (SSSR count). The monoisotopic (exact) mass is 428 g/mol. The van der Waals surface area contributed by atoms with Crippen molar-refractivity contribution in [2.24, 2.45) is 0 Å². The lowest BCUT2D eigenvalue weighted by Gasteiger charge is -2.12. The Kier molecular flexibility index (Phi) is 5.86. The second kappa shape index (κ2) is 8.89. The van der Waals surface area contributed by atoms with Gasteiger partial charge in [0, 0.05) is 23.1 Å². The van der Waals surface area contributed by atoms with Crippen molar-refractivity contribution in [2.75, 3.05) is 10.6 Å². The van der Waals surface area contributed by atoms with E-state index in [9.17, 15) is 9.59 Å². The highest BCUT2D eigenvalue weighted by Gasteiger charge is 2.19. The molecule has 0 fully saturated rings. The summed E-state index contributed by atoms with van der Waals surface area (Å²) in [5.74, 6) is -0.493. The molecule has 0 saturated carbocycles. The average molecular weight is 429 g/mol. The van der Waals surface area contributed by atoms with E-state index in [-0.39, 0.29) is 11.8 Å². The maximum atomic E-state index is 12.9. The summed E-state index contributed by atoms with van der Waals surface area (Å²) < 4.78 is 0. The minimum atomic E-state index is -0.263. The van der Waals surface area contributed by atoms with Crippen molar-refractivity contribution in [3.05, 3.63) is 94.6 Å². The Balaban J connectivity index is 1.55. The molecule has 7 heteroatoms. The van der Waals surface area contributed by atoms with E-state index in [0.717, 1.165) is 5.69 Å². The van der Waals surface area contributed by atoms with E-state index in [1.807, 2.05) is 55.5 Å². The van der Waals surface area contributed by atoms with E-state index in [0.29, 0.717) is 38.1 Å². The molecular weight excluding hydrogens is 408 g/mol. The third-order valence-corrected chi connectivity index (χ3v) is 5.92. The molecule has 31 heavy (non-hydrogen) atoms. The summed E-state index contributed by atoms with van der Waals surface area (Å²) >= 11 is 1.29. The summed E-state index contributed by atoms with van der Waals surface area (Å²) in [6.07, 6.45) is 1.70. The van der Waals surface area contributed by atoms with Crippen LogP contribution in [0.25, 0.3) is 10.7 Å². The van der Waals surface area contributed by atoms with Crippen molar-refractivity contribution >= 4 is 34.5 Å². The second-order valence-electron chi connectivity index (χ2n) is 6.90. The summed E-state index contributed by atoms with van der Waals surface area (Å²) in [5, 5.41) is 6.49. The number of thiazole rings is 1. The summed E-state index contributed by atoms with van der Waals surface area (Å²) in [6, 6.07) is 20.1. The first-order valence-electron chi connectivity index (χ1n) is 9.69. The summed E-state index contributed by atoms with van der Waals surface area (Å²) in [6.45, 7) is 3.61. The molecule has 0 atom stereocenters. The van der Waals surface area contributed by atoms with Crippen molar-refractivity contribution in [2.45, 2.75) is 13.8 Å². The molecule has 0 aliphatic carbocycles. The normalized spacial score (nSPS) is 10.5. The third kappa shape index (κ3) is 4.51. The molecule has 2 heterocycles. The maximum absolute atomic E-state index is 12.9. The Bertz CT molecular complexity index is 1240. The number of nitrogens with zero attached hydrogens (tertiary/aromatic N) is 2. The van der Waals surface area contributed by atoms with Crippen molar-refractivity contribution in [1.29, 1.82) is 0 Å². The number of nitrogens with one attached hydrogen (secondary N) is 2. The number of hydrogen-bond acceptors (Lipinski definition) is 5. The first kappa shape index (κ1) is 20.4. The number of hydrogen-bond donors (Lipinski definition) is 2. The smallest absolute Gasteiger partial charge is 0.267 e. The zero-order valence-corrected chi connectivity index (χ0v) is 17.9. The van der Waals surface area contributed by atoms with Crippen LogP contribution >= 0.6 is 11.3 Å². The fraction of sp³-hybridized carbons (Fsp3) is 0.0833. The summed E-state index contributed by atoms with van der Waals surface area (Å²) in [5.41, 5.74) is 3.85. The van der Waals surface area contributed by atoms with Crippen LogP contribution in [0.5, 0.6) is 0 Å². The van der Waals surface area contributed by atoms with E-state index in [2.05, 4.69) is 20.6 Å². The van der Waals surface area contributed by atoms with Gasteiger partial charge in [-0.2, -0.15) is 0 Å². The number of aryl methyl sites for hydroxylation is 1. The molecule has 2 aromatic heterocycles. The van der Waals surface area contributed by atoms with Gasteiger partial charge >= 0.3 is 0 Å². The van der Waals surface area contributed by atoms with E-state index in [4.69, 9.17) is 0 Å². The van der Waals surface area contributed by atoms with Crippen LogP contribution in [0.4, 0.5) is 11.4 Å². The number of benzene rings is 2. The predicted octanol–water partition coefficient (Wildman–Crippen LogP) is 5.33. The van der Waals surface area contributed by atoms with Crippen molar-refractivity contribution < 1.29 is 9.59 Å². The van der Waals surface area contributed by atoms with Gasteiger partial charge in [-0.25, -0.2) is 4.98 Å². The van der Waals surface area contributed by atoms with Crippen LogP contribution in [-0.4, -0.2) is 21.8 Å². The zero-order valence-electron chi connectivity index (χ0n) is 17.0. The lowest BCUT2D eigenvalue weighted by atomic mass is 10.1. The molecule has 2 amide bonds. The summed E-state index contributed by atoms with van der Waals surface area (Å²) in [7, 11) is 0. The van der Waals surface area contributed by atoms with E-state index in [1.54, 1.807) is 31.3 Å². The standard InChI is InChI=1S/C24H20N4O2S/c1-15-18(22(29)27-17-9-4-3-5-10-17)11-8-13-19(15)28-23(30)21-16(2)26-24(31-21)20-12-6-7-14-25-20/h3-14H,1-2H3,(H,27,29)(H,28,30). The first-order chi connectivity index (χ1) is 15.0. The van der Waals surface area contributed by atoms with Crippen LogP contribution in [0.15, 0.2) is 72.9 Å². The predicted molar refractivity (Wildman–Crippen MR) is 124 cm³/mol. The fourth-order valence-electron chi connectivity index (χ4n) is 3.12. The molecule has 0 aliphatic heterocycles. The molecule has 0 saturated heterocycles. The highest BCUT2D eigenvalue weighted by atomic mass is 32.1. The first-order valence-corrected chi connectivity index (χ1v) is 10.5. The van der Waals surface area contributed by atoms with Gasteiger partial charge in [0.1, 0.15) is 9.88 Å². The summed E-state index contributed by atoms with van der Waals surface area (Å²) in [4.78, 5) is 35.0. The van der Waals surface area contributed by atoms with E-state index >= 15 is 0 Å². The van der Waals surface area contributed by atoms with Gasteiger partial charge in [0.2, 0.25) is 0 Å². The van der Waals surface area contributed by atoms with Crippen molar-refractivity contribution in [1.82, 2.24) is 9.97 Å². The number of carbonyl (C=O) groups excluding carboxylic acids is 2. The Morgan fingerprint density at radius 3 is 2.35 bits per heavy atom. The molecule has 154 valence electrons. The zero-order chi connectivity index (χ0) is 21.8. The van der Waals surface area contributed by atoms with Gasteiger partial charge in [-0.05, 0) is 55.8 Å². The quantitative estimate of drug-likeness (QED) is 0.450. The van der Waals surface area contributed by atoms with Crippen LogP contribution in [0, 0.1) is 13.8 Å². The number of rotatable bonds is 5. The molecule has 0 bridgehead atoms. The number of para-hydroxylation sites is 1. The molecule has 0 aliphatic rings. The topological polar surface area (TPSA) is 84.0 Å². The Morgan fingerprint density at radius 1 is 0.839 bits per heavy atom. The molecule has 0 spiro atoms. The van der Waals surface area contributed by atoms with Crippen LogP contribution in [0.1, 0.15) is 31.3 Å². The van der Waals surface area contributed by atoms with Gasteiger partial charge in [-0.1, -0.05) is 30.3 Å². The molecule has 0 radical (unpaired) electrons. The minimum Gasteiger partial charge on any atom is -0.322 e. The minimum absolute atomic E-state index is 0.230. The number of carbonyl (C=O) groups is 2. The Morgan fingerprint density at radius 2 is 1.61 bits per heavy atom. The molecule has 0 unspecified atom stereocenters. The number of anilines is 2. The van der Waals surface area contributed by atoms with Crippen LogP contribution < -0.4 is 10.6 Å². The van der Waals surface area contributed by atoms with Gasteiger partial charge in [0.05, 0.1) is 11.4 Å². The van der Waals surface area contributed by atoms with Gasteiger partial charge in [0.15, 0.2) is 0 Å². The van der Waals surface area contributed by atoms with Crippen LogP contribution in [0.3, 0.4) is 0 Å². The van der Waals surface area contributed by atoms with Gasteiger partial charge < -0.3 is 10.6 Å². The SMILES string of the molecule is Cc1nc(-c2ccccn2)sc1C(=O)Nc1cccc(C(=O)Nc2ccccc2)c1C. The van der Waals surface area contributed by atoms with Crippen molar-refractivity contribution in [3.8, 4) is 10.7 Å². The lowest BCUT2D eigenvalue weighted by Crippen LogP contribution is -2.16. The van der Waals surface area contributed by atoms with E-state index in [1.165, 1.54) is 11.3 Å². The molecular formula is C24H20N4O2S. The van der Waals surface area contributed by atoms with Crippen LogP contribution in [-0.2, 0) is 0 Å². The lowest BCUT2D eigenvalue weighted by molar-refractivity contribution is 0.101. The average Bonchev–Trinajstić information content (AvgIpc) is 3.18. The van der Waals surface area contributed by atoms with Gasteiger partial charge in [0.25, 0.3) is 11.8 Å². The molecule has 4 aromatic rings. The highest BCUT2D eigenvalue weighted by molar-refractivity contribution is 7.17. The number of amides is 2. The Labute approximate surface area is 184 Å². The third-order valence-electron chi connectivity index (χ3n) is 4.75. The largest absolute Gasteiger partial charge is 0.322 e. The van der Waals surface area contributed by atoms with Gasteiger partial charge in [-0.3, -0.25) is 14.6 Å².